The minimum Gasteiger partial charge on any atom is -0.318 e. The van der Waals surface area contributed by atoms with Crippen molar-refractivity contribution < 1.29 is 19.2 Å². The molecule has 4 rings (SSSR count). The van der Waals surface area contributed by atoms with E-state index in [-0.39, 0.29) is 11.5 Å². The Morgan fingerprint density at radius 3 is 2.53 bits per heavy atom. The van der Waals surface area contributed by atoms with E-state index >= 15 is 0 Å². The Morgan fingerprint density at radius 2 is 1.87 bits per heavy atom. The summed E-state index contributed by atoms with van der Waals surface area (Å²) in [4.78, 5) is 52.1. The van der Waals surface area contributed by atoms with Crippen LogP contribution in [0.2, 0.25) is 0 Å². The van der Waals surface area contributed by atoms with Crippen molar-refractivity contribution in [1.29, 1.82) is 0 Å². The van der Waals surface area contributed by atoms with Gasteiger partial charge in [-0.15, -0.1) is 0 Å². The molecule has 0 aromatic heterocycles. The summed E-state index contributed by atoms with van der Waals surface area (Å²) in [6.07, 6.45) is 1.59. The summed E-state index contributed by atoms with van der Waals surface area (Å²) < 4.78 is 0. The van der Waals surface area contributed by atoms with E-state index in [4.69, 9.17) is 0 Å². The van der Waals surface area contributed by atoms with Gasteiger partial charge < -0.3 is 10.2 Å². The van der Waals surface area contributed by atoms with Crippen LogP contribution in [0.3, 0.4) is 0 Å². The average Bonchev–Trinajstić information content (AvgIpc) is 3.31. The van der Waals surface area contributed by atoms with Gasteiger partial charge in [-0.05, 0) is 36.6 Å². The molecule has 2 aliphatic heterocycles. The molecule has 0 radical (unpaired) electrons. The van der Waals surface area contributed by atoms with E-state index in [2.05, 4.69) is 10.7 Å². The molecule has 0 bridgehead atoms. The van der Waals surface area contributed by atoms with Crippen LogP contribution < -0.4 is 15.6 Å². The van der Waals surface area contributed by atoms with E-state index in [9.17, 15) is 19.2 Å². The molecule has 0 unspecified atom stereocenters. The van der Waals surface area contributed by atoms with Gasteiger partial charge in [0, 0.05) is 24.2 Å². The molecule has 30 heavy (non-hydrogen) atoms. The number of benzene rings is 2. The van der Waals surface area contributed by atoms with Crippen LogP contribution in [0.5, 0.6) is 0 Å². The fraction of sp³-hybridized carbons (Fsp3) is 0.273. The summed E-state index contributed by atoms with van der Waals surface area (Å²) in [7, 11) is 0. The van der Waals surface area contributed by atoms with Gasteiger partial charge in [0.05, 0.1) is 0 Å². The van der Waals surface area contributed by atoms with Gasteiger partial charge in [-0.25, -0.2) is 4.79 Å². The lowest BCUT2D eigenvalue weighted by Crippen LogP contribution is -2.48. The Morgan fingerprint density at radius 1 is 1.10 bits per heavy atom. The zero-order valence-corrected chi connectivity index (χ0v) is 16.6. The topological polar surface area (TPSA) is 98.8 Å². The van der Waals surface area contributed by atoms with Crippen LogP contribution in [-0.4, -0.2) is 35.3 Å². The first-order valence-corrected chi connectivity index (χ1v) is 9.90. The smallest absolute Gasteiger partial charge is 0.318 e. The number of hydrogen-bond acceptors (Lipinski definition) is 4. The molecule has 2 heterocycles. The highest BCUT2D eigenvalue weighted by Gasteiger charge is 2.52. The Bertz CT molecular complexity index is 1020. The summed E-state index contributed by atoms with van der Waals surface area (Å²) in [5.41, 5.74) is 2.71. The largest absolute Gasteiger partial charge is 0.344 e. The van der Waals surface area contributed by atoms with E-state index in [1.54, 1.807) is 60.4 Å². The van der Waals surface area contributed by atoms with Crippen molar-refractivity contribution in [3.63, 3.8) is 0 Å². The zero-order chi connectivity index (χ0) is 21.3. The number of hydrazine groups is 1. The summed E-state index contributed by atoms with van der Waals surface area (Å²) in [5, 5.41) is 3.45. The quantitative estimate of drug-likeness (QED) is 0.745. The third-order valence-corrected chi connectivity index (χ3v) is 5.60. The molecule has 0 spiro atoms. The van der Waals surface area contributed by atoms with Crippen molar-refractivity contribution in [2.45, 2.75) is 31.7 Å². The summed E-state index contributed by atoms with van der Waals surface area (Å²) >= 11 is 0. The van der Waals surface area contributed by atoms with Gasteiger partial charge in [-0.1, -0.05) is 43.3 Å². The fourth-order valence-corrected chi connectivity index (χ4v) is 3.94. The number of rotatable bonds is 5. The summed E-state index contributed by atoms with van der Waals surface area (Å²) in [6, 6.07) is 14.8. The van der Waals surface area contributed by atoms with Crippen molar-refractivity contribution in [3.05, 3.63) is 65.7 Å². The molecule has 2 aliphatic rings. The lowest BCUT2D eigenvalue weighted by Gasteiger charge is -2.25. The van der Waals surface area contributed by atoms with Gasteiger partial charge in [0.15, 0.2) is 0 Å². The molecule has 0 saturated carbocycles. The molecule has 2 fully saturated rings. The van der Waals surface area contributed by atoms with Crippen LogP contribution in [-0.2, 0) is 15.1 Å². The second-order valence-corrected chi connectivity index (χ2v) is 7.34. The predicted octanol–water partition coefficient (Wildman–Crippen LogP) is 2.32. The van der Waals surface area contributed by atoms with Gasteiger partial charge in [0.25, 0.3) is 11.8 Å². The van der Waals surface area contributed by atoms with Gasteiger partial charge in [-0.2, -0.15) is 5.01 Å². The second-order valence-electron chi connectivity index (χ2n) is 7.34. The number of nitrogens with zero attached hydrogens (tertiary/aromatic N) is 2. The minimum absolute atomic E-state index is 0.0113. The Labute approximate surface area is 173 Å². The third kappa shape index (κ3) is 3.20. The lowest BCUT2D eigenvalue weighted by molar-refractivity contribution is -0.133. The number of urea groups is 1. The van der Waals surface area contributed by atoms with E-state index in [1.807, 2.05) is 6.07 Å². The molecular weight excluding hydrogens is 384 g/mol. The van der Waals surface area contributed by atoms with Crippen LogP contribution in [0.25, 0.3) is 0 Å². The van der Waals surface area contributed by atoms with Crippen LogP contribution in [0.15, 0.2) is 54.6 Å². The first kappa shape index (κ1) is 19.6. The molecule has 2 aromatic rings. The molecular formula is C22H22N4O4. The molecule has 8 heteroatoms. The van der Waals surface area contributed by atoms with Crippen molar-refractivity contribution in [1.82, 2.24) is 15.8 Å². The predicted molar refractivity (Wildman–Crippen MR) is 109 cm³/mol. The highest BCUT2D eigenvalue weighted by molar-refractivity contribution is 6.09. The lowest BCUT2D eigenvalue weighted by atomic mass is 9.87. The normalized spacial score (nSPS) is 21.2. The number of amides is 5. The number of hydrogen-bond donors (Lipinski definition) is 2. The van der Waals surface area contributed by atoms with Crippen molar-refractivity contribution in [2.24, 2.45) is 0 Å². The van der Waals surface area contributed by atoms with E-state index in [0.29, 0.717) is 30.6 Å². The number of carbonyl (C=O) groups excluding carboxylic acids is 4. The van der Waals surface area contributed by atoms with Crippen LogP contribution >= 0.6 is 0 Å². The molecule has 2 saturated heterocycles. The molecule has 1 atom stereocenters. The van der Waals surface area contributed by atoms with Crippen molar-refractivity contribution in [3.8, 4) is 0 Å². The molecule has 0 aliphatic carbocycles. The fourth-order valence-electron chi connectivity index (χ4n) is 3.94. The molecule has 2 aromatic carbocycles. The Kier molecular flexibility index (Phi) is 4.99. The number of imide groups is 1. The average molecular weight is 406 g/mol. The molecule has 154 valence electrons. The number of nitrogens with one attached hydrogen (secondary N) is 2. The number of carbonyl (C=O) groups is 4. The second kappa shape index (κ2) is 7.62. The van der Waals surface area contributed by atoms with E-state index in [0.717, 1.165) is 11.4 Å². The van der Waals surface area contributed by atoms with Crippen molar-refractivity contribution >= 4 is 29.4 Å². The molecule has 2 N–H and O–H groups in total. The van der Waals surface area contributed by atoms with E-state index in [1.165, 1.54) is 0 Å². The Balaban J connectivity index is 1.56. The van der Waals surface area contributed by atoms with E-state index < -0.39 is 23.4 Å². The standard InChI is InChI=1S/C22H22N4O4/c1-2-22(16-9-4-3-5-10-16)20(29)26(21(30)23-22)24-19(28)15-8-6-11-17(14-15)25-13-7-12-18(25)27/h3-6,8-11,14H,2,7,12-13H2,1H3,(H,23,30)(H,24,28)/t22-/m0/s1. The van der Waals surface area contributed by atoms with Gasteiger partial charge in [0.1, 0.15) is 5.54 Å². The first-order chi connectivity index (χ1) is 14.5. The van der Waals surface area contributed by atoms with Gasteiger partial charge in [-0.3, -0.25) is 19.8 Å². The van der Waals surface area contributed by atoms with Crippen molar-refractivity contribution in [2.75, 3.05) is 11.4 Å². The first-order valence-electron chi connectivity index (χ1n) is 9.90. The van der Waals surface area contributed by atoms with Crippen LogP contribution in [0, 0.1) is 0 Å². The molecule has 5 amide bonds. The highest BCUT2D eigenvalue weighted by Crippen LogP contribution is 2.31. The minimum atomic E-state index is -1.23. The highest BCUT2D eigenvalue weighted by atomic mass is 16.2. The SMILES string of the molecule is CC[C@@]1(c2ccccc2)NC(=O)N(NC(=O)c2cccc(N3CCCC3=O)c2)C1=O. The summed E-state index contributed by atoms with van der Waals surface area (Å²) in [6.45, 7) is 2.40. The zero-order valence-electron chi connectivity index (χ0n) is 16.6. The molecule has 8 nitrogen and oxygen atoms in total. The Hall–Kier alpha value is -3.68. The maximum absolute atomic E-state index is 13.1. The monoisotopic (exact) mass is 406 g/mol. The third-order valence-electron chi connectivity index (χ3n) is 5.60. The van der Waals surface area contributed by atoms with Gasteiger partial charge in [0.2, 0.25) is 5.91 Å². The number of anilines is 1. The maximum atomic E-state index is 13.1. The van der Waals surface area contributed by atoms with Crippen LogP contribution in [0.1, 0.15) is 42.1 Å². The maximum Gasteiger partial charge on any atom is 0.344 e. The summed E-state index contributed by atoms with van der Waals surface area (Å²) in [5.74, 6) is -1.13. The van der Waals surface area contributed by atoms with Gasteiger partial charge >= 0.3 is 6.03 Å². The van der Waals surface area contributed by atoms with Crippen LogP contribution in [0.4, 0.5) is 10.5 Å².